The van der Waals surface area contributed by atoms with E-state index in [-0.39, 0.29) is 5.91 Å². The Morgan fingerprint density at radius 3 is 2.40 bits per heavy atom. The van der Waals surface area contributed by atoms with Crippen molar-refractivity contribution in [2.24, 2.45) is 5.73 Å². The summed E-state index contributed by atoms with van der Waals surface area (Å²) < 4.78 is 0. The van der Waals surface area contributed by atoms with Crippen LogP contribution in [0.25, 0.3) is 0 Å². The molecule has 0 fully saturated rings. The van der Waals surface area contributed by atoms with Crippen LogP contribution >= 0.6 is 0 Å². The highest BCUT2D eigenvalue weighted by Crippen LogP contribution is 1.97. The number of hydrogen-bond donors (Lipinski definition) is 2. The van der Waals surface area contributed by atoms with E-state index >= 15 is 0 Å². The molecule has 3 nitrogen and oxygen atoms in total. The van der Waals surface area contributed by atoms with Crippen LogP contribution in [0, 0.1) is 5.41 Å². The summed E-state index contributed by atoms with van der Waals surface area (Å²) in [7, 11) is 0. The van der Waals surface area contributed by atoms with Crippen LogP contribution < -0.4 is 5.73 Å². The van der Waals surface area contributed by atoms with E-state index in [1.807, 2.05) is 6.92 Å². The van der Waals surface area contributed by atoms with Gasteiger partial charge in [0.15, 0.2) is 0 Å². The standard InChI is InChI=1S/C7H14N2O/c1-2-3-6(8)4-5-7(9)10/h8H,2-5H2,1H3,(H2,9,10). The highest BCUT2D eigenvalue weighted by atomic mass is 16.1. The molecule has 0 aliphatic rings. The quantitative estimate of drug-likeness (QED) is 0.554. The van der Waals surface area contributed by atoms with E-state index in [0.717, 1.165) is 12.8 Å². The summed E-state index contributed by atoms with van der Waals surface area (Å²) >= 11 is 0. The molecular weight excluding hydrogens is 128 g/mol. The van der Waals surface area contributed by atoms with Crippen molar-refractivity contribution in [2.75, 3.05) is 0 Å². The van der Waals surface area contributed by atoms with E-state index in [4.69, 9.17) is 11.1 Å². The Morgan fingerprint density at radius 1 is 1.40 bits per heavy atom. The Kier molecular flexibility index (Phi) is 4.54. The molecule has 0 aromatic heterocycles. The molecular formula is C7H14N2O. The van der Waals surface area contributed by atoms with Crippen LogP contribution in [0.1, 0.15) is 32.6 Å². The zero-order chi connectivity index (χ0) is 7.98. The average molecular weight is 142 g/mol. The van der Waals surface area contributed by atoms with Crippen LogP contribution in [0.3, 0.4) is 0 Å². The van der Waals surface area contributed by atoms with Gasteiger partial charge < -0.3 is 11.1 Å². The van der Waals surface area contributed by atoms with Gasteiger partial charge in [0, 0.05) is 12.1 Å². The lowest BCUT2D eigenvalue weighted by molar-refractivity contribution is -0.117. The van der Waals surface area contributed by atoms with Gasteiger partial charge in [0.2, 0.25) is 5.91 Å². The molecule has 0 heterocycles. The summed E-state index contributed by atoms with van der Waals surface area (Å²) in [5.74, 6) is -0.319. The molecule has 0 unspecified atom stereocenters. The summed E-state index contributed by atoms with van der Waals surface area (Å²) in [6, 6.07) is 0. The molecule has 0 saturated carbocycles. The van der Waals surface area contributed by atoms with Gasteiger partial charge in [-0.15, -0.1) is 0 Å². The molecule has 0 aliphatic heterocycles. The molecule has 0 rings (SSSR count). The number of carbonyl (C=O) groups excluding carboxylic acids is 1. The third-order valence-corrected chi connectivity index (χ3v) is 1.22. The number of amides is 1. The van der Waals surface area contributed by atoms with Gasteiger partial charge >= 0.3 is 0 Å². The number of carbonyl (C=O) groups is 1. The van der Waals surface area contributed by atoms with E-state index < -0.39 is 0 Å². The van der Waals surface area contributed by atoms with Gasteiger partial charge in [-0.1, -0.05) is 13.3 Å². The second-order valence-electron chi connectivity index (χ2n) is 2.32. The van der Waals surface area contributed by atoms with Crippen LogP contribution in [0.5, 0.6) is 0 Å². The largest absolute Gasteiger partial charge is 0.370 e. The fraction of sp³-hybridized carbons (Fsp3) is 0.714. The molecule has 0 aliphatic carbocycles. The summed E-state index contributed by atoms with van der Waals surface area (Å²) in [5.41, 5.74) is 5.53. The third-order valence-electron chi connectivity index (χ3n) is 1.22. The number of nitrogens with one attached hydrogen (secondary N) is 1. The van der Waals surface area contributed by atoms with Gasteiger partial charge in [-0.05, 0) is 12.8 Å². The second kappa shape index (κ2) is 4.97. The van der Waals surface area contributed by atoms with Gasteiger partial charge in [0.1, 0.15) is 0 Å². The molecule has 0 spiro atoms. The van der Waals surface area contributed by atoms with Crippen molar-refractivity contribution in [2.45, 2.75) is 32.6 Å². The lowest BCUT2D eigenvalue weighted by Crippen LogP contribution is -2.12. The van der Waals surface area contributed by atoms with Crippen LogP contribution in [0.4, 0.5) is 0 Å². The molecule has 0 bridgehead atoms. The van der Waals surface area contributed by atoms with E-state index in [0.29, 0.717) is 18.6 Å². The predicted molar refractivity (Wildman–Crippen MR) is 41.1 cm³/mol. The average Bonchev–Trinajstić information content (AvgIpc) is 1.85. The van der Waals surface area contributed by atoms with Crippen molar-refractivity contribution in [1.82, 2.24) is 0 Å². The van der Waals surface area contributed by atoms with Crippen molar-refractivity contribution >= 4 is 11.6 Å². The maximum Gasteiger partial charge on any atom is 0.217 e. The third kappa shape index (κ3) is 5.28. The lowest BCUT2D eigenvalue weighted by atomic mass is 10.1. The first-order chi connectivity index (χ1) is 4.66. The van der Waals surface area contributed by atoms with Crippen molar-refractivity contribution in [1.29, 1.82) is 5.41 Å². The van der Waals surface area contributed by atoms with Gasteiger partial charge in [0.05, 0.1) is 0 Å². The van der Waals surface area contributed by atoms with Crippen molar-refractivity contribution in [3.8, 4) is 0 Å². The van der Waals surface area contributed by atoms with Crippen molar-refractivity contribution in [3.05, 3.63) is 0 Å². The first kappa shape index (κ1) is 9.14. The fourth-order valence-electron chi connectivity index (χ4n) is 0.701. The Hall–Kier alpha value is -0.860. The van der Waals surface area contributed by atoms with Crippen LogP contribution in [-0.4, -0.2) is 11.6 Å². The van der Waals surface area contributed by atoms with Crippen LogP contribution in [0.15, 0.2) is 0 Å². The highest BCUT2D eigenvalue weighted by molar-refractivity contribution is 5.85. The molecule has 58 valence electrons. The maximum absolute atomic E-state index is 10.2. The molecule has 0 aromatic carbocycles. The molecule has 1 amide bonds. The predicted octanol–water partition coefficient (Wildman–Crippen LogP) is 1.07. The zero-order valence-electron chi connectivity index (χ0n) is 6.31. The molecule has 10 heavy (non-hydrogen) atoms. The van der Waals surface area contributed by atoms with E-state index in [1.165, 1.54) is 0 Å². The SMILES string of the molecule is CCCC(=N)CCC(N)=O. The van der Waals surface area contributed by atoms with Gasteiger partial charge in [-0.25, -0.2) is 0 Å². The Morgan fingerprint density at radius 2 is 2.00 bits per heavy atom. The Balaban J connectivity index is 3.30. The summed E-state index contributed by atoms with van der Waals surface area (Å²) in [6.45, 7) is 2.01. The minimum absolute atomic E-state index is 0.318. The first-order valence-electron chi connectivity index (χ1n) is 3.51. The van der Waals surface area contributed by atoms with E-state index in [1.54, 1.807) is 0 Å². The number of hydrogen-bond acceptors (Lipinski definition) is 2. The molecule has 0 atom stereocenters. The fourth-order valence-corrected chi connectivity index (χ4v) is 0.701. The first-order valence-corrected chi connectivity index (χ1v) is 3.51. The van der Waals surface area contributed by atoms with Crippen LogP contribution in [-0.2, 0) is 4.79 Å². The van der Waals surface area contributed by atoms with Gasteiger partial charge in [-0.2, -0.15) is 0 Å². The summed E-state index contributed by atoms with van der Waals surface area (Å²) in [6.07, 6.45) is 2.60. The van der Waals surface area contributed by atoms with Gasteiger partial charge in [-0.3, -0.25) is 4.79 Å². The van der Waals surface area contributed by atoms with Crippen molar-refractivity contribution < 1.29 is 4.79 Å². The molecule has 0 radical (unpaired) electrons. The minimum atomic E-state index is -0.319. The molecule has 0 aromatic rings. The van der Waals surface area contributed by atoms with Crippen LogP contribution in [0.2, 0.25) is 0 Å². The monoisotopic (exact) mass is 142 g/mol. The van der Waals surface area contributed by atoms with Crippen molar-refractivity contribution in [3.63, 3.8) is 0 Å². The normalized spacial score (nSPS) is 9.30. The number of rotatable bonds is 5. The number of primary amides is 1. The Labute approximate surface area is 61.1 Å². The molecule has 3 N–H and O–H groups in total. The highest BCUT2D eigenvalue weighted by Gasteiger charge is 1.98. The number of nitrogens with two attached hydrogens (primary N) is 1. The van der Waals surface area contributed by atoms with E-state index in [9.17, 15) is 4.79 Å². The minimum Gasteiger partial charge on any atom is -0.370 e. The Bertz CT molecular complexity index is 132. The summed E-state index contributed by atoms with van der Waals surface area (Å²) in [5, 5.41) is 7.27. The maximum atomic E-state index is 10.2. The molecule has 0 saturated heterocycles. The topological polar surface area (TPSA) is 66.9 Å². The smallest absolute Gasteiger partial charge is 0.217 e. The zero-order valence-corrected chi connectivity index (χ0v) is 6.31. The van der Waals surface area contributed by atoms with Gasteiger partial charge in [0.25, 0.3) is 0 Å². The lowest BCUT2D eigenvalue weighted by Gasteiger charge is -1.97. The molecule has 3 heteroatoms. The summed E-state index contributed by atoms with van der Waals surface area (Å²) in [4.78, 5) is 10.2. The second-order valence-corrected chi connectivity index (χ2v) is 2.32. The van der Waals surface area contributed by atoms with E-state index in [2.05, 4.69) is 0 Å².